The smallest absolute Gasteiger partial charge is 0.121 e. The zero-order chi connectivity index (χ0) is 15.7. The zero-order valence-electron chi connectivity index (χ0n) is 14.0. The first-order valence-electron chi connectivity index (χ1n) is 8.05. The molecule has 0 aliphatic carbocycles. The Hall–Kier alpha value is -1.25. The van der Waals surface area contributed by atoms with Crippen molar-refractivity contribution in [3.63, 3.8) is 0 Å². The Morgan fingerprint density at radius 3 is 2.77 bits per heavy atom. The molecule has 0 radical (unpaired) electrons. The van der Waals surface area contributed by atoms with Gasteiger partial charge in [0.05, 0.1) is 0 Å². The van der Waals surface area contributed by atoms with E-state index in [1.165, 1.54) is 16.9 Å². The van der Waals surface area contributed by atoms with Crippen LogP contribution in [-0.2, 0) is 0 Å². The van der Waals surface area contributed by atoms with Gasteiger partial charge in [0.2, 0.25) is 0 Å². The number of likely N-dealkylation sites (N-methyl/N-ethyl adjacent to an activating group) is 1. The van der Waals surface area contributed by atoms with Crippen molar-refractivity contribution in [3.8, 4) is 0 Å². The molecule has 0 spiro atoms. The van der Waals surface area contributed by atoms with Crippen LogP contribution in [0.5, 0.6) is 0 Å². The number of hydrogen-bond acceptors (Lipinski definition) is 4. The van der Waals surface area contributed by atoms with Crippen LogP contribution in [0, 0.1) is 0 Å². The normalized spacial score (nSPS) is 24.1. The summed E-state index contributed by atoms with van der Waals surface area (Å²) in [6, 6.07) is 6.78. The van der Waals surface area contributed by atoms with E-state index in [0.29, 0.717) is 11.8 Å². The number of hydrogen-bond donors (Lipinski definition) is 1. The predicted octanol–water partition coefficient (Wildman–Crippen LogP) is 2.64. The highest BCUT2D eigenvalue weighted by molar-refractivity contribution is 7.38. The maximum atomic E-state index is 3.26. The molecule has 1 N–H and O–H groups in total. The first-order valence-corrected chi connectivity index (χ1v) is 9.63. The average molecular weight is 318 g/mol. The number of nitrogens with one attached hydrogen (secondary N) is 1. The summed E-state index contributed by atoms with van der Waals surface area (Å²) >= 11 is 0. The highest BCUT2D eigenvalue weighted by Gasteiger charge is 2.32. The summed E-state index contributed by atoms with van der Waals surface area (Å²) in [6.45, 7) is 7.87. The molecule has 2 aliphatic rings. The lowest BCUT2D eigenvalue weighted by molar-refractivity contribution is 0.457. The Kier molecular flexibility index (Phi) is 4.60. The van der Waals surface area contributed by atoms with Gasteiger partial charge in [0, 0.05) is 61.9 Å². The summed E-state index contributed by atoms with van der Waals surface area (Å²) in [7, 11) is 5.06. The monoisotopic (exact) mass is 318 g/mol. The molecule has 4 nitrogen and oxygen atoms in total. The Morgan fingerprint density at radius 2 is 2.05 bits per heavy atom. The molecule has 3 unspecified atom stereocenters. The van der Waals surface area contributed by atoms with Crippen molar-refractivity contribution < 1.29 is 0 Å². The minimum atomic E-state index is 0.463. The van der Waals surface area contributed by atoms with Gasteiger partial charge in [-0.2, -0.15) is 0 Å². The van der Waals surface area contributed by atoms with Crippen molar-refractivity contribution in [2.24, 2.45) is 0 Å². The van der Waals surface area contributed by atoms with Gasteiger partial charge in [0.15, 0.2) is 0 Å². The average Bonchev–Trinajstić information content (AvgIpc) is 3.05. The zero-order valence-corrected chi connectivity index (χ0v) is 15.0. The molecule has 0 saturated carbocycles. The molecule has 0 amide bonds. The number of anilines is 2. The number of nitrogens with zero attached hydrogens (tertiary/aromatic N) is 3. The van der Waals surface area contributed by atoms with Gasteiger partial charge in [0.1, 0.15) is 5.91 Å². The third kappa shape index (κ3) is 2.59. The fraction of sp³-hybridized carbons (Fsp3) is 0.529. The van der Waals surface area contributed by atoms with Crippen LogP contribution in [0.2, 0.25) is 0 Å². The van der Waals surface area contributed by atoms with Crippen LogP contribution in [0.3, 0.4) is 0 Å². The molecule has 22 heavy (non-hydrogen) atoms. The van der Waals surface area contributed by atoms with Crippen LogP contribution in [-0.4, -0.2) is 51.2 Å². The predicted molar refractivity (Wildman–Crippen MR) is 98.4 cm³/mol. The van der Waals surface area contributed by atoms with Crippen LogP contribution in [0.1, 0.15) is 18.4 Å². The van der Waals surface area contributed by atoms with Crippen LogP contribution in [0.25, 0.3) is 0 Å². The molecule has 120 valence electrons. The third-order valence-electron chi connectivity index (χ3n) is 4.67. The first-order chi connectivity index (χ1) is 10.7. The summed E-state index contributed by atoms with van der Waals surface area (Å²) < 4.78 is 0. The second kappa shape index (κ2) is 6.47. The second-order valence-electron chi connectivity index (χ2n) is 6.19. The lowest BCUT2D eigenvalue weighted by atomic mass is 10.0. The van der Waals surface area contributed by atoms with E-state index in [9.17, 15) is 0 Å². The quantitative estimate of drug-likeness (QED) is 0.843. The van der Waals surface area contributed by atoms with E-state index in [-0.39, 0.29) is 0 Å². The van der Waals surface area contributed by atoms with Crippen molar-refractivity contribution in [2.45, 2.75) is 18.7 Å². The molecule has 0 aromatic heterocycles. The van der Waals surface area contributed by atoms with E-state index in [2.05, 4.69) is 71.3 Å². The van der Waals surface area contributed by atoms with Gasteiger partial charge in [-0.1, -0.05) is 21.6 Å². The maximum absolute atomic E-state index is 3.26. The highest BCUT2D eigenvalue weighted by atomic mass is 31.1. The topological polar surface area (TPSA) is 21.8 Å². The summed E-state index contributed by atoms with van der Waals surface area (Å²) in [5.41, 5.74) is 4.32. The molecule has 0 bridgehead atoms. The van der Waals surface area contributed by atoms with Gasteiger partial charge in [-0.05, 0) is 25.8 Å². The minimum absolute atomic E-state index is 0.463. The van der Waals surface area contributed by atoms with Crippen molar-refractivity contribution in [1.29, 1.82) is 0 Å². The van der Waals surface area contributed by atoms with Crippen molar-refractivity contribution in [3.05, 3.63) is 36.2 Å². The van der Waals surface area contributed by atoms with E-state index in [4.69, 9.17) is 0 Å². The molecule has 0 saturated heterocycles. The van der Waals surface area contributed by atoms with E-state index in [0.717, 1.165) is 28.2 Å². The fourth-order valence-electron chi connectivity index (χ4n) is 3.62. The molecule has 5 heteroatoms. The molecule has 0 fully saturated rings. The lowest BCUT2D eigenvalue weighted by Gasteiger charge is -2.31. The molecule has 1 aromatic rings. The summed E-state index contributed by atoms with van der Waals surface area (Å²) in [5, 5.41) is 3.26. The lowest BCUT2D eigenvalue weighted by Crippen LogP contribution is -2.32. The first kappa shape index (κ1) is 15.6. The number of rotatable bonds is 5. The summed E-state index contributed by atoms with van der Waals surface area (Å²) in [4.78, 5) is 7.29. The largest absolute Gasteiger partial charge is 0.369 e. The second-order valence-corrected chi connectivity index (χ2v) is 7.29. The van der Waals surface area contributed by atoms with Gasteiger partial charge in [-0.25, -0.2) is 0 Å². The molecule has 3 atom stereocenters. The summed E-state index contributed by atoms with van der Waals surface area (Å²) in [6.07, 6.45) is 4.43. The Bertz CT molecular complexity index is 560. The van der Waals surface area contributed by atoms with Crippen molar-refractivity contribution in [2.75, 3.05) is 50.2 Å². The van der Waals surface area contributed by atoms with Gasteiger partial charge < -0.3 is 20.0 Å². The molecule has 1 aromatic carbocycles. The van der Waals surface area contributed by atoms with Gasteiger partial charge in [-0.15, -0.1) is 0 Å². The fourth-order valence-corrected chi connectivity index (χ4v) is 4.61. The Morgan fingerprint density at radius 1 is 1.27 bits per heavy atom. The molecule has 2 heterocycles. The van der Waals surface area contributed by atoms with E-state index in [1.807, 2.05) is 7.05 Å². The number of benzene rings is 1. The molecule has 2 aliphatic heterocycles. The molecular formula is C17H27N4P. The Balaban J connectivity index is 1.95. The van der Waals surface area contributed by atoms with E-state index in [1.54, 1.807) is 0 Å². The van der Waals surface area contributed by atoms with Gasteiger partial charge >= 0.3 is 0 Å². The van der Waals surface area contributed by atoms with E-state index < -0.39 is 0 Å². The number of fused-ring (bicyclic) bond motifs is 1. The molecular weight excluding hydrogens is 291 g/mol. The van der Waals surface area contributed by atoms with E-state index >= 15 is 0 Å². The van der Waals surface area contributed by atoms with Gasteiger partial charge in [0.25, 0.3) is 0 Å². The highest BCUT2D eigenvalue weighted by Crippen LogP contribution is 2.44. The SMILES string of the molecule is CNCCN1CC(C)c2c1cccc2N1C=CN(C)C1PC. The van der Waals surface area contributed by atoms with Crippen LogP contribution < -0.4 is 15.1 Å². The van der Waals surface area contributed by atoms with Gasteiger partial charge in [-0.3, -0.25) is 0 Å². The van der Waals surface area contributed by atoms with Crippen molar-refractivity contribution >= 4 is 20.0 Å². The standard InChI is InChI=1S/C17H27N4P/c1-13-12-20(9-8-18-2)14-6-5-7-15(16(13)14)21-11-10-19(3)17(21)22-4/h5-7,10-11,13,17-18,22H,8-9,12H2,1-4H3. The summed E-state index contributed by atoms with van der Waals surface area (Å²) in [5.74, 6) is 1.05. The minimum Gasteiger partial charge on any atom is -0.369 e. The van der Waals surface area contributed by atoms with Crippen LogP contribution in [0.15, 0.2) is 30.6 Å². The Labute approximate surface area is 135 Å². The van der Waals surface area contributed by atoms with Crippen molar-refractivity contribution in [1.82, 2.24) is 10.2 Å². The van der Waals surface area contributed by atoms with Crippen LogP contribution in [0.4, 0.5) is 11.4 Å². The third-order valence-corrected chi connectivity index (χ3v) is 5.87. The molecule has 3 rings (SSSR count). The van der Waals surface area contributed by atoms with Crippen LogP contribution >= 0.6 is 8.58 Å². The maximum Gasteiger partial charge on any atom is 0.121 e.